The van der Waals surface area contributed by atoms with Gasteiger partial charge in [0.1, 0.15) is 17.3 Å². The minimum absolute atomic E-state index is 0.294. The van der Waals surface area contributed by atoms with Crippen LogP contribution in [0, 0.1) is 6.92 Å². The Labute approximate surface area is 112 Å². The van der Waals surface area contributed by atoms with Crippen molar-refractivity contribution < 1.29 is 4.74 Å². The van der Waals surface area contributed by atoms with Crippen LogP contribution in [0.3, 0.4) is 0 Å². The van der Waals surface area contributed by atoms with Crippen LogP contribution in [0.2, 0.25) is 0 Å². The third kappa shape index (κ3) is 2.52. The van der Waals surface area contributed by atoms with Gasteiger partial charge in [0.15, 0.2) is 11.6 Å². The van der Waals surface area contributed by atoms with Gasteiger partial charge in [-0.3, -0.25) is 0 Å². The highest BCUT2D eigenvalue weighted by Gasteiger charge is 2.13. The summed E-state index contributed by atoms with van der Waals surface area (Å²) in [7, 11) is 3.50. The van der Waals surface area contributed by atoms with Gasteiger partial charge in [-0.2, -0.15) is 0 Å². The molecule has 100 valence electrons. The first-order chi connectivity index (χ1) is 9.02. The molecular formula is C13H17N5O. The maximum absolute atomic E-state index is 5.93. The van der Waals surface area contributed by atoms with Crippen LogP contribution in [0.25, 0.3) is 0 Å². The monoisotopic (exact) mass is 259 g/mol. The number of ether oxygens (including phenoxy) is 1. The summed E-state index contributed by atoms with van der Waals surface area (Å²) in [4.78, 5) is 10.2. The van der Waals surface area contributed by atoms with Crippen molar-refractivity contribution in [2.24, 2.45) is 0 Å². The Kier molecular flexibility index (Phi) is 3.41. The lowest BCUT2D eigenvalue weighted by Gasteiger charge is -2.21. The molecule has 0 spiro atoms. The molecule has 0 radical (unpaired) electrons. The molecule has 0 saturated heterocycles. The summed E-state index contributed by atoms with van der Waals surface area (Å²) >= 11 is 0. The van der Waals surface area contributed by atoms with Crippen LogP contribution in [0.4, 0.5) is 23.0 Å². The number of aromatic nitrogens is 2. The van der Waals surface area contributed by atoms with Gasteiger partial charge < -0.3 is 21.1 Å². The number of rotatable bonds is 3. The van der Waals surface area contributed by atoms with Gasteiger partial charge in [-0.25, -0.2) is 9.97 Å². The number of benzene rings is 1. The van der Waals surface area contributed by atoms with Crippen LogP contribution in [0.5, 0.6) is 5.75 Å². The highest BCUT2D eigenvalue weighted by atomic mass is 16.5. The Bertz CT molecular complexity index is 582. The molecule has 0 atom stereocenters. The lowest BCUT2D eigenvalue weighted by molar-refractivity contribution is 0.415. The van der Waals surface area contributed by atoms with Crippen LogP contribution >= 0.6 is 0 Å². The van der Waals surface area contributed by atoms with E-state index < -0.39 is 0 Å². The SMILES string of the molecule is COc1ccc(N(C)c2nc(C)nc(N)c2N)cc1. The van der Waals surface area contributed by atoms with Crippen molar-refractivity contribution in [1.82, 2.24) is 9.97 Å². The average Bonchev–Trinajstić information content (AvgIpc) is 2.42. The Morgan fingerprint density at radius 2 is 1.74 bits per heavy atom. The molecule has 6 heteroatoms. The van der Waals surface area contributed by atoms with E-state index in [9.17, 15) is 0 Å². The first-order valence-corrected chi connectivity index (χ1v) is 5.80. The van der Waals surface area contributed by atoms with Crippen molar-refractivity contribution >= 4 is 23.0 Å². The van der Waals surface area contributed by atoms with Gasteiger partial charge >= 0.3 is 0 Å². The minimum Gasteiger partial charge on any atom is -0.497 e. The number of methoxy groups -OCH3 is 1. The summed E-state index contributed by atoms with van der Waals surface area (Å²) in [5.41, 5.74) is 13.0. The predicted octanol–water partition coefficient (Wildman–Crippen LogP) is 1.73. The Hall–Kier alpha value is -2.50. The topological polar surface area (TPSA) is 90.3 Å². The maximum atomic E-state index is 5.93. The summed E-state index contributed by atoms with van der Waals surface area (Å²) in [5.74, 6) is 2.27. The van der Waals surface area contributed by atoms with E-state index in [1.54, 1.807) is 14.0 Å². The molecule has 1 aromatic heterocycles. The smallest absolute Gasteiger partial charge is 0.161 e. The van der Waals surface area contributed by atoms with Crippen molar-refractivity contribution in [2.45, 2.75) is 6.92 Å². The molecule has 0 fully saturated rings. The molecule has 2 aromatic rings. The fraction of sp³-hybridized carbons (Fsp3) is 0.231. The third-order valence-electron chi connectivity index (χ3n) is 2.84. The second-order valence-electron chi connectivity index (χ2n) is 4.15. The molecular weight excluding hydrogens is 242 g/mol. The molecule has 1 heterocycles. The molecule has 6 nitrogen and oxygen atoms in total. The van der Waals surface area contributed by atoms with Crippen molar-refractivity contribution in [3.8, 4) is 5.75 Å². The second kappa shape index (κ2) is 5.01. The molecule has 0 bridgehead atoms. The van der Waals surface area contributed by atoms with Gasteiger partial charge in [-0.05, 0) is 31.2 Å². The quantitative estimate of drug-likeness (QED) is 0.872. The van der Waals surface area contributed by atoms with E-state index in [-0.39, 0.29) is 0 Å². The van der Waals surface area contributed by atoms with E-state index in [0.29, 0.717) is 23.1 Å². The number of hydrogen-bond donors (Lipinski definition) is 2. The van der Waals surface area contributed by atoms with E-state index in [2.05, 4.69) is 9.97 Å². The molecule has 0 saturated carbocycles. The van der Waals surface area contributed by atoms with Crippen molar-refractivity contribution in [3.63, 3.8) is 0 Å². The molecule has 0 aliphatic carbocycles. The zero-order valence-corrected chi connectivity index (χ0v) is 11.2. The lowest BCUT2D eigenvalue weighted by Crippen LogP contribution is -2.16. The van der Waals surface area contributed by atoms with Gasteiger partial charge in [0, 0.05) is 12.7 Å². The van der Waals surface area contributed by atoms with E-state index in [1.807, 2.05) is 36.2 Å². The van der Waals surface area contributed by atoms with Crippen molar-refractivity contribution in [1.29, 1.82) is 0 Å². The molecule has 4 N–H and O–H groups in total. The minimum atomic E-state index is 0.294. The number of nitrogens with zero attached hydrogens (tertiary/aromatic N) is 3. The van der Waals surface area contributed by atoms with Crippen LogP contribution in [0.1, 0.15) is 5.82 Å². The fourth-order valence-electron chi connectivity index (χ4n) is 1.77. The largest absolute Gasteiger partial charge is 0.497 e. The summed E-state index contributed by atoms with van der Waals surface area (Å²) in [6.07, 6.45) is 0. The number of nitrogen functional groups attached to an aromatic ring is 2. The molecule has 1 aromatic carbocycles. The number of anilines is 4. The first-order valence-electron chi connectivity index (χ1n) is 5.80. The number of hydrogen-bond acceptors (Lipinski definition) is 6. The van der Waals surface area contributed by atoms with Crippen molar-refractivity contribution in [2.75, 3.05) is 30.5 Å². The highest BCUT2D eigenvalue weighted by molar-refractivity contribution is 5.78. The predicted molar refractivity (Wildman–Crippen MR) is 76.7 cm³/mol. The maximum Gasteiger partial charge on any atom is 0.161 e. The van der Waals surface area contributed by atoms with E-state index in [1.165, 1.54) is 0 Å². The fourth-order valence-corrected chi connectivity index (χ4v) is 1.77. The van der Waals surface area contributed by atoms with Crippen LogP contribution in [-0.4, -0.2) is 24.1 Å². The number of nitrogens with two attached hydrogens (primary N) is 2. The summed E-state index contributed by atoms with van der Waals surface area (Å²) < 4.78 is 5.13. The summed E-state index contributed by atoms with van der Waals surface area (Å²) in [6.45, 7) is 1.78. The first kappa shape index (κ1) is 12.9. The van der Waals surface area contributed by atoms with Gasteiger partial charge in [0.2, 0.25) is 0 Å². The van der Waals surface area contributed by atoms with Crippen molar-refractivity contribution in [3.05, 3.63) is 30.1 Å². The van der Waals surface area contributed by atoms with E-state index in [4.69, 9.17) is 16.2 Å². The van der Waals surface area contributed by atoms with E-state index >= 15 is 0 Å². The number of aryl methyl sites for hydroxylation is 1. The lowest BCUT2D eigenvalue weighted by atomic mass is 10.2. The molecule has 0 aliphatic rings. The average molecular weight is 259 g/mol. The third-order valence-corrected chi connectivity index (χ3v) is 2.84. The molecule has 2 rings (SSSR count). The standard InChI is InChI=1S/C13H17N5O/c1-8-16-12(15)11(14)13(17-8)18(2)9-4-6-10(19-3)7-5-9/h4-7H,14H2,1-3H3,(H2,15,16,17). The molecule has 19 heavy (non-hydrogen) atoms. The van der Waals surface area contributed by atoms with Crippen LogP contribution in [-0.2, 0) is 0 Å². The second-order valence-corrected chi connectivity index (χ2v) is 4.15. The molecule has 0 amide bonds. The highest BCUT2D eigenvalue weighted by Crippen LogP contribution is 2.30. The normalized spacial score (nSPS) is 10.3. The zero-order valence-electron chi connectivity index (χ0n) is 11.2. The summed E-state index contributed by atoms with van der Waals surface area (Å²) in [6, 6.07) is 7.59. The van der Waals surface area contributed by atoms with Gasteiger partial charge in [0.05, 0.1) is 7.11 Å². The zero-order chi connectivity index (χ0) is 14.0. The Morgan fingerprint density at radius 1 is 1.11 bits per heavy atom. The van der Waals surface area contributed by atoms with Gasteiger partial charge in [0.25, 0.3) is 0 Å². The Balaban J connectivity index is 2.40. The molecule has 0 unspecified atom stereocenters. The molecule has 0 aliphatic heterocycles. The van der Waals surface area contributed by atoms with Gasteiger partial charge in [-0.1, -0.05) is 0 Å². The van der Waals surface area contributed by atoms with Gasteiger partial charge in [-0.15, -0.1) is 0 Å². The van der Waals surface area contributed by atoms with E-state index in [0.717, 1.165) is 11.4 Å². The van der Waals surface area contributed by atoms with Crippen LogP contribution < -0.4 is 21.1 Å². The van der Waals surface area contributed by atoms with Crippen LogP contribution in [0.15, 0.2) is 24.3 Å². The Morgan fingerprint density at radius 3 is 2.32 bits per heavy atom. The summed E-state index contributed by atoms with van der Waals surface area (Å²) in [5, 5.41) is 0.